The van der Waals surface area contributed by atoms with E-state index in [4.69, 9.17) is 9.15 Å². The van der Waals surface area contributed by atoms with E-state index in [2.05, 4.69) is 10.1 Å². The summed E-state index contributed by atoms with van der Waals surface area (Å²) < 4.78 is 38.2. The third-order valence-corrected chi connectivity index (χ3v) is 5.29. The molecule has 1 aliphatic rings. The van der Waals surface area contributed by atoms with E-state index in [1.165, 1.54) is 10.6 Å². The van der Waals surface area contributed by atoms with Crippen LogP contribution in [0.15, 0.2) is 10.6 Å². The third-order valence-electron chi connectivity index (χ3n) is 4.04. The van der Waals surface area contributed by atoms with Crippen LogP contribution in [-0.2, 0) is 34.3 Å². The molecule has 24 heavy (non-hydrogen) atoms. The summed E-state index contributed by atoms with van der Waals surface area (Å²) in [4.78, 5) is 4.25. The van der Waals surface area contributed by atoms with E-state index >= 15 is 0 Å². The highest BCUT2D eigenvalue weighted by atomic mass is 32.2. The minimum Gasteiger partial charge on any atom is -0.440 e. The van der Waals surface area contributed by atoms with Gasteiger partial charge in [0.1, 0.15) is 5.76 Å². The first-order valence-electron chi connectivity index (χ1n) is 7.94. The Hall–Kier alpha value is -1.71. The molecule has 8 nitrogen and oxygen atoms in total. The van der Waals surface area contributed by atoms with Crippen LogP contribution in [0.2, 0.25) is 0 Å². The lowest BCUT2D eigenvalue weighted by Crippen LogP contribution is -2.35. The second-order valence-electron chi connectivity index (χ2n) is 5.82. The molecular formula is C15H22N4O4S. The number of fused-ring (bicyclic) bond motifs is 1. The topological polar surface area (TPSA) is 90.5 Å². The molecule has 1 aliphatic heterocycles. The summed E-state index contributed by atoms with van der Waals surface area (Å²) in [5.41, 5.74) is 2.51. The van der Waals surface area contributed by atoms with Crippen LogP contribution < -0.4 is 0 Å². The van der Waals surface area contributed by atoms with Gasteiger partial charge in [0.2, 0.25) is 15.9 Å². The predicted molar refractivity (Wildman–Crippen MR) is 87.9 cm³/mol. The molecule has 2 aromatic heterocycles. The Balaban J connectivity index is 1.99. The Morgan fingerprint density at radius 1 is 1.42 bits per heavy atom. The molecule has 0 bridgehead atoms. The van der Waals surface area contributed by atoms with Crippen LogP contribution >= 0.6 is 0 Å². The summed E-state index contributed by atoms with van der Waals surface area (Å²) >= 11 is 0. The molecule has 0 aromatic carbocycles. The summed E-state index contributed by atoms with van der Waals surface area (Å²) in [5.74, 6) is 1.12. The van der Waals surface area contributed by atoms with Crippen molar-refractivity contribution in [2.75, 3.05) is 26.0 Å². The van der Waals surface area contributed by atoms with Crippen LogP contribution in [0.5, 0.6) is 0 Å². The van der Waals surface area contributed by atoms with E-state index < -0.39 is 10.0 Å². The average molecular weight is 354 g/mol. The zero-order valence-electron chi connectivity index (χ0n) is 14.2. The number of aryl methyl sites for hydroxylation is 1. The molecule has 0 atom stereocenters. The number of hydrogen-bond acceptors (Lipinski definition) is 6. The van der Waals surface area contributed by atoms with Gasteiger partial charge in [-0.15, -0.1) is 0 Å². The largest absolute Gasteiger partial charge is 0.440 e. The molecule has 0 aliphatic carbocycles. The molecule has 2 aromatic rings. The quantitative estimate of drug-likeness (QED) is 0.724. The van der Waals surface area contributed by atoms with E-state index in [9.17, 15) is 8.42 Å². The van der Waals surface area contributed by atoms with Gasteiger partial charge in [0.05, 0.1) is 25.6 Å². The van der Waals surface area contributed by atoms with Crippen molar-refractivity contribution in [3.63, 3.8) is 0 Å². The number of rotatable bonds is 6. The Kier molecular flexibility index (Phi) is 4.75. The van der Waals surface area contributed by atoms with Crippen molar-refractivity contribution in [2.24, 2.45) is 0 Å². The van der Waals surface area contributed by atoms with E-state index in [-0.39, 0.29) is 0 Å². The molecule has 0 spiro atoms. The lowest BCUT2D eigenvalue weighted by molar-refractivity contribution is 0.135. The lowest BCUT2D eigenvalue weighted by Gasteiger charge is -2.25. The zero-order valence-corrected chi connectivity index (χ0v) is 15.0. The van der Waals surface area contributed by atoms with Gasteiger partial charge >= 0.3 is 0 Å². The number of aromatic nitrogens is 3. The first-order chi connectivity index (χ1) is 11.4. The zero-order chi connectivity index (χ0) is 17.3. The molecule has 0 saturated heterocycles. The van der Waals surface area contributed by atoms with Gasteiger partial charge in [-0.25, -0.2) is 13.4 Å². The maximum Gasteiger partial charge on any atom is 0.247 e. The van der Waals surface area contributed by atoms with Crippen LogP contribution in [-0.4, -0.2) is 53.5 Å². The van der Waals surface area contributed by atoms with Crippen molar-refractivity contribution < 1.29 is 17.6 Å². The molecule has 0 N–H and O–H groups in total. The fourth-order valence-electron chi connectivity index (χ4n) is 2.87. The SMILES string of the molecule is CCOCCn1nc(-c2ncc(C)o2)c2c1CCN(S(C)(=O)=O)C2. The van der Waals surface area contributed by atoms with Crippen molar-refractivity contribution in [1.29, 1.82) is 0 Å². The standard InChI is InChI=1S/C15H22N4O4S/c1-4-22-8-7-19-13-5-6-18(24(3,20)21)10-12(13)14(17-19)15-16-9-11(2)23-15/h9H,4-8,10H2,1-3H3. The molecule has 0 fully saturated rings. The van der Waals surface area contributed by atoms with Crippen LogP contribution in [0, 0.1) is 6.92 Å². The second kappa shape index (κ2) is 6.66. The van der Waals surface area contributed by atoms with Gasteiger partial charge in [-0.1, -0.05) is 0 Å². The Morgan fingerprint density at radius 3 is 2.83 bits per heavy atom. The predicted octanol–water partition coefficient (Wildman–Crippen LogP) is 1.20. The van der Waals surface area contributed by atoms with Crippen LogP contribution in [0.1, 0.15) is 23.9 Å². The molecule has 3 heterocycles. The number of sulfonamides is 1. The number of oxazole rings is 1. The molecule has 0 unspecified atom stereocenters. The Morgan fingerprint density at radius 2 is 2.21 bits per heavy atom. The van der Waals surface area contributed by atoms with E-state index in [0.717, 1.165) is 11.3 Å². The molecule has 132 valence electrons. The van der Waals surface area contributed by atoms with Crippen LogP contribution in [0.3, 0.4) is 0 Å². The maximum atomic E-state index is 11.9. The molecule has 0 saturated carbocycles. The molecule has 0 radical (unpaired) electrons. The second-order valence-corrected chi connectivity index (χ2v) is 7.80. The summed E-state index contributed by atoms with van der Waals surface area (Å²) in [7, 11) is -3.25. The summed E-state index contributed by atoms with van der Waals surface area (Å²) in [6.07, 6.45) is 3.48. The highest BCUT2D eigenvalue weighted by Crippen LogP contribution is 2.30. The highest BCUT2D eigenvalue weighted by Gasteiger charge is 2.31. The molecule has 9 heteroatoms. The summed E-state index contributed by atoms with van der Waals surface area (Å²) in [5, 5.41) is 4.62. The lowest BCUT2D eigenvalue weighted by atomic mass is 10.1. The average Bonchev–Trinajstić information content (AvgIpc) is 3.10. The van der Waals surface area contributed by atoms with Crippen molar-refractivity contribution >= 4 is 10.0 Å². The van der Waals surface area contributed by atoms with Crippen molar-refractivity contribution in [3.8, 4) is 11.6 Å². The van der Waals surface area contributed by atoms with Crippen LogP contribution in [0.4, 0.5) is 0 Å². The van der Waals surface area contributed by atoms with Crippen molar-refractivity contribution in [3.05, 3.63) is 23.2 Å². The van der Waals surface area contributed by atoms with Crippen molar-refractivity contribution in [2.45, 2.75) is 33.4 Å². The Labute approximate surface area is 141 Å². The van der Waals surface area contributed by atoms with Gasteiger partial charge in [0.15, 0.2) is 5.69 Å². The fraction of sp³-hybridized carbons (Fsp3) is 0.600. The first-order valence-corrected chi connectivity index (χ1v) is 9.79. The molecular weight excluding hydrogens is 332 g/mol. The summed E-state index contributed by atoms with van der Waals surface area (Å²) in [6.45, 7) is 6.34. The van der Waals surface area contributed by atoms with E-state index in [0.29, 0.717) is 56.6 Å². The van der Waals surface area contributed by atoms with Gasteiger partial charge in [-0.2, -0.15) is 9.40 Å². The van der Waals surface area contributed by atoms with E-state index in [1.807, 2.05) is 18.5 Å². The van der Waals surface area contributed by atoms with Crippen LogP contribution in [0.25, 0.3) is 11.6 Å². The third kappa shape index (κ3) is 3.38. The highest BCUT2D eigenvalue weighted by molar-refractivity contribution is 7.88. The number of nitrogens with zero attached hydrogens (tertiary/aromatic N) is 4. The number of ether oxygens (including phenoxy) is 1. The first kappa shape index (κ1) is 17.1. The smallest absolute Gasteiger partial charge is 0.247 e. The summed E-state index contributed by atoms with van der Waals surface area (Å²) in [6, 6.07) is 0. The maximum absolute atomic E-state index is 11.9. The number of hydrogen-bond donors (Lipinski definition) is 0. The molecule has 0 amide bonds. The minimum absolute atomic E-state index is 0.291. The van der Waals surface area contributed by atoms with Gasteiger partial charge < -0.3 is 9.15 Å². The van der Waals surface area contributed by atoms with E-state index in [1.54, 1.807) is 6.20 Å². The van der Waals surface area contributed by atoms with Gasteiger partial charge in [0, 0.05) is 37.4 Å². The van der Waals surface area contributed by atoms with Gasteiger partial charge in [0.25, 0.3) is 0 Å². The van der Waals surface area contributed by atoms with Gasteiger partial charge in [-0.3, -0.25) is 4.68 Å². The van der Waals surface area contributed by atoms with Gasteiger partial charge in [-0.05, 0) is 13.8 Å². The molecule has 3 rings (SSSR count). The Bertz CT molecular complexity index is 825. The minimum atomic E-state index is -3.25. The fourth-order valence-corrected chi connectivity index (χ4v) is 3.65. The van der Waals surface area contributed by atoms with Crippen molar-refractivity contribution in [1.82, 2.24) is 19.1 Å². The normalized spacial score (nSPS) is 15.6. The monoisotopic (exact) mass is 354 g/mol.